The second-order valence-corrected chi connectivity index (χ2v) is 4.86. The molecule has 1 aromatic carbocycles. The Morgan fingerprint density at radius 2 is 1.92 bits per heavy atom. The van der Waals surface area contributed by atoms with Crippen molar-refractivity contribution in [2.24, 2.45) is 0 Å². The predicted octanol–water partition coefficient (Wildman–Crippen LogP) is 2.43. The smallest absolute Gasteiger partial charge is 0.136 e. The van der Waals surface area contributed by atoms with Gasteiger partial charge in [0.25, 0.3) is 0 Å². The molecule has 0 aromatic heterocycles. The average molecular weight is 308 g/mol. The second-order valence-electron chi connectivity index (χ2n) is 3.15. The lowest BCUT2D eigenvalue weighted by Gasteiger charge is -2.36. The Bertz CT molecular complexity index is 334. The third-order valence-electron chi connectivity index (χ3n) is 2.14. The fraction of sp³-hybridized carbons (Fsp3) is 0.333. The first-order valence-electron chi connectivity index (χ1n) is 3.87. The molecule has 1 heterocycles. The van der Waals surface area contributed by atoms with Crippen LogP contribution in [0.4, 0.5) is 0 Å². The highest BCUT2D eigenvalue weighted by atomic mass is 79.9. The largest absolute Gasteiger partial charge is 0.380 e. The van der Waals surface area contributed by atoms with E-state index >= 15 is 0 Å². The van der Waals surface area contributed by atoms with Crippen LogP contribution < -0.4 is 0 Å². The number of ether oxygens (including phenoxy) is 1. The number of rotatable bonds is 1. The molecule has 4 heteroatoms. The molecule has 0 bridgehead atoms. The van der Waals surface area contributed by atoms with Crippen LogP contribution in [-0.2, 0) is 10.3 Å². The van der Waals surface area contributed by atoms with E-state index in [0.29, 0.717) is 13.2 Å². The minimum atomic E-state index is -0.775. The minimum absolute atomic E-state index is 0.390. The molecule has 1 aliphatic rings. The first-order chi connectivity index (χ1) is 6.12. The van der Waals surface area contributed by atoms with Gasteiger partial charge in [0.1, 0.15) is 5.60 Å². The van der Waals surface area contributed by atoms with E-state index in [-0.39, 0.29) is 0 Å². The van der Waals surface area contributed by atoms with Crippen molar-refractivity contribution in [1.82, 2.24) is 0 Å². The van der Waals surface area contributed by atoms with E-state index < -0.39 is 5.60 Å². The van der Waals surface area contributed by atoms with E-state index in [2.05, 4.69) is 31.9 Å². The predicted molar refractivity (Wildman–Crippen MR) is 56.6 cm³/mol. The van der Waals surface area contributed by atoms with Gasteiger partial charge >= 0.3 is 0 Å². The Balaban J connectivity index is 2.36. The summed E-state index contributed by atoms with van der Waals surface area (Å²) in [4.78, 5) is 0. The van der Waals surface area contributed by atoms with Crippen LogP contribution in [0.15, 0.2) is 27.1 Å². The summed E-state index contributed by atoms with van der Waals surface area (Å²) in [6, 6.07) is 5.72. The topological polar surface area (TPSA) is 29.5 Å². The third-order valence-corrected chi connectivity index (χ3v) is 4.02. The molecule has 0 saturated carbocycles. The first kappa shape index (κ1) is 9.65. The molecule has 0 aliphatic carbocycles. The van der Waals surface area contributed by atoms with Crippen molar-refractivity contribution < 1.29 is 9.84 Å². The van der Waals surface area contributed by atoms with Crippen molar-refractivity contribution in [3.63, 3.8) is 0 Å². The molecule has 0 unspecified atom stereocenters. The van der Waals surface area contributed by atoms with Gasteiger partial charge in [-0.3, -0.25) is 0 Å². The van der Waals surface area contributed by atoms with Gasteiger partial charge in [-0.25, -0.2) is 0 Å². The van der Waals surface area contributed by atoms with Crippen molar-refractivity contribution in [2.45, 2.75) is 5.60 Å². The number of benzene rings is 1. The van der Waals surface area contributed by atoms with Gasteiger partial charge < -0.3 is 9.84 Å². The van der Waals surface area contributed by atoms with Crippen LogP contribution in [0.25, 0.3) is 0 Å². The lowest BCUT2D eigenvalue weighted by Crippen LogP contribution is -2.46. The van der Waals surface area contributed by atoms with Crippen LogP contribution >= 0.6 is 31.9 Å². The molecule has 0 spiro atoms. The zero-order chi connectivity index (χ0) is 9.47. The molecule has 0 radical (unpaired) electrons. The number of hydrogen-bond acceptors (Lipinski definition) is 2. The van der Waals surface area contributed by atoms with Gasteiger partial charge in [-0.15, -0.1) is 0 Å². The van der Waals surface area contributed by atoms with Crippen molar-refractivity contribution in [3.05, 3.63) is 32.7 Å². The van der Waals surface area contributed by atoms with E-state index in [4.69, 9.17) is 4.74 Å². The molecule has 1 aromatic rings. The quantitative estimate of drug-likeness (QED) is 0.863. The van der Waals surface area contributed by atoms with Gasteiger partial charge in [-0.1, -0.05) is 6.07 Å². The van der Waals surface area contributed by atoms with Crippen molar-refractivity contribution in [1.29, 1.82) is 0 Å². The van der Waals surface area contributed by atoms with E-state index in [1.54, 1.807) is 0 Å². The summed E-state index contributed by atoms with van der Waals surface area (Å²) >= 11 is 6.77. The number of aliphatic hydroxyl groups is 1. The molecule has 2 nitrogen and oxygen atoms in total. The van der Waals surface area contributed by atoms with Gasteiger partial charge in [0.2, 0.25) is 0 Å². The van der Waals surface area contributed by atoms with Crippen LogP contribution in [-0.4, -0.2) is 18.3 Å². The molecule has 13 heavy (non-hydrogen) atoms. The second kappa shape index (κ2) is 3.35. The summed E-state index contributed by atoms with van der Waals surface area (Å²) in [7, 11) is 0. The molecule has 70 valence electrons. The van der Waals surface area contributed by atoms with Crippen LogP contribution in [0.3, 0.4) is 0 Å². The minimum Gasteiger partial charge on any atom is -0.380 e. The molecule has 2 rings (SSSR count). The summed E-state index contributed by atoms with van der Waals surface area (Å²) in [6.45, 7) is 0.780. The molecule has 1 fully saturated rings. The summed E-state index contributed by atoms with van der Waals surface area (Å²) in [5.41, 5.74) is 0.122. The maximum Gasteiger partial charge on any atom is 0.136 e. The maximum absolute atomic E-state index is 9.94. The van der Waals surface area contributed by atoms with Gasteiger partial charge in [0.05, 0.1) is 13.2 Å². The first-order valence-corrected chi connectivity index (χ1v) is 5.46. The Hall–Kier alpha value is 0.1000. The lowest BCUT2D eigenvalue weighted by molar-refractivity contribution is -0.184. The average Bonchev–Trinajstić information content (AvgIpc) is 2.06. The number of halogens is 2. The third kappa shape index (κ3) is 1.68. The Kier molecular flexibility index (Phi) is 2.49. The summed E-state index contributed by atoms with van der Waals surface area (Å²) in [5.74, 6) is 0. The lowest BCUT2D eigenvalue weighted by atomic mass is 9.92. The van der Waals surface area contributed by atoms with Gasteiger partial charge in [0.15, 0.2) is 0 Å². The highest BCUT2D eigenvalue weighted by Crippen LogP contribution is 2.33. The fourth-order valence-electron chi connectivity index (χ4n) is 1.25. The van der Waals surface area contributed by atoms with Gasteiger partial charge in [-0.2, -0.15) is 0 Å². The van der Waals surface area contributed by atoms with E-state index in [0.717, 1.165) is 14.5 Å². The van der Waals surface area contributed by atoms with Crippen LogP contribution in [0, 0.1) is 0 Å². The van der Waals surface area contributed by atoms with Gasteiger partial charge in [-0.05, 0) is 49.6 Å². The Morgan fingerprint density at radius 3 is 2.38 bits per heavy atom. The molecule has 1 aliphatic heterocycles. The number of hydrogen-bond donors (Lipinski definition) is 1. The van der Waals surface area contributed by atoms with Crippen LogP contribution in [0.5, 0.6) is 0 Å². The SMILES string of the molecule is OC1(c2ccc(Br)c(Br)c2)COC1. The van der Waals surface area contributed by atoms with Crippen molar-refractivity contribution >= 4 is 31.9 Å². The molecular formula is C9H8Br2O2. The van der Waals surface area contributed by atoms with E-state index in [1.807, 2.05) is 18.2 Å². The Labute approximate surface area is 93.2 Å². The fourth-order valence-corrected chi connectivity index (χ4v) is 1.87. The zero-order valence-corrected chi connectivity index (χ0v) is 9.93. The van der Waals surface area contributed by atoms with Crippen LogP contribution in [0.1, 0.15) is 5.56 Å². The maximum atomic E-state index is 9.94. The van der Waals surface area contributed by atoms with Crippen molar-refractivity contribution in [2.75, 3.05) is 13.2 Å². The highest BCUT2D eigenvalue weighted by Gasteiger charge is 2.38. The van der Waals surface area contributed by atoms with E-state index in [9.17, 15) is 5.11 Å². The molecule has 1 saturated heterocycles. The molecule has 0 amide bonds. The van der Waals surface area contributed by atoms with E-state index in [1.165, 1.54) is 0 Å². The summed E-state index contributed by atoms with van der Waals surface area (Å²) in [5, 5.41) is 9.94. The van der Waals surface area contributed by atoms with Gasteiger partial charge in [0, 0.05) is 8.95 Å². The van der Waals surface area contributed by atoms with Crippen molar-refractivity contribution in [3.8, 4) is 0 Å². The summed E-state index contributed by atoms with van der Waals surface area (Å²) < 4.78 is 6.92. The summed E-state index contributed by atoms with van der Waals surface area (Å²) in [6.07, 6.45) is 0. The highest BCUT2D eigenvalue weighted by molar-refractivity contribution is 9.13. The van der Waals surface area contributed by atoms with Crippen LogP contribution in [0.2, 0.25) is 0 Å². The monoisotopic (exact) mass is 306 g/mol. The zero-order valence-electron chi connectivity index (χ0n) is 6.76. The normalized spacial score (nSPS) is 19.6. The molecule has 1 N–H and O–H groups in total. The standard InChI is InChI=1S/C9H8Br2O2/c10-7-2-1-6(3-8(7)11)9(12)4-13-5-9/h1-3,12H,4-5H2. The molecule has 0 atom stereocenters. The Morgan fingerprint density at radius 1 is 1.23 bits per heavy atom. The molecular weight excluding hydrogens is 300 g/mol.